The summed E-state index contributed by atoms with van der Waals surface area (Å²) < 4.78 is 18.7. The zero-order valence-corrected chi connectivity index (χ0v) is 15.6. The lowest BCUT2D eigenvalue weighted by Crippen LogP contribution is -2.27. The van der Waals surface area contributed by atoms with Gasteiger partial charge in [0.2, 0.25) is 5.75 Å². The van der Waals surface area contributed by atoms with Crippen molar-refractivity contribution in [2.45, 2.75) is 26.3 Å². The summed E-state index contributed by atoms with van der Waals surface area (Å²) >= 11 is 0. The van der Waals surface area contributed by atoms with Gasteiger partial charge in [-0.2, -0.15) is 0 Å². The predicted molar refractivity (Wildman–Crippen MR) is 94.5 cm³/mol. The second-order valence-corrected chi connectivity index (χ2v) is 6.28. The average molecular weight is 346 g/mol. The standard InChI is InChI=1S/C18H26N4O3/c1-12-19-20-16(21(12)2)11-22-8-6-13-10-15(23-3)18(25-5)17(24-4)14(13)7-9-22/h10H,6-9,11H2,1-5H3. The van der Waals surface area contributed by atoms with Gasteiger partial charge in [-0.25, -0.2) is 0 Å². The van der Waals surface area contributed by atoms with Gasteiger partial charge in [0.15, 0.2) is 11.5 Å². The minimum Gasteiger partial charge on any atom is -0.493 e. The average Bonchev–Trinajstić information content (AvgIpc) is 2.83. The van der Waals surface area contributed by atoms with Crippen LogP contribution in [0, 0.1) is 6.92 Å². The molecular weight excluding hydrogens is 320 g/mol. The highest BCUT2D eigenvalue weighted by atomic mass is 16.5. The second kappa shape index (κ2) is 7.31. The summed E-state index contributed by atoms with van der Waals surface area (Å²) in [6.07, 6.45) is 1.83. The Bertz CT molecular complexity index is 757. The molecule has 0 N–H and O–H groups in total. The molecular formula is C18H26N4O3. The lowest BCUT2D eigenvalue weighted by molar-refractivity contribution is 0.268. The van der Waals surface area contributed by atoms with E-state index in [1.807, 2.05) is 18.5 Å². The van der Waals surface area contributed by atoms with Crippen LogP contribution in [0.3, 0.4) is 0 Å². The van der Waals surface area contributed by atoms with Gasteiger partial charge in [-0.05, 0) is 31.4 Å². The molecule has 2 aromatic rings. The van der Waals surface area contributed by atoms with E-state index < -0.39 is 0 Å². The van der Waals surface area contributed by atoms with Crippen LogP contribution in [0.5, 0.6) is 17.2 Å². The molecule has 136 valence electrons. The fourth-order valence-electron chi connectivity index (χ4n) is 3.37. The van der Waals surface area contributed by atoms with Gasteiger partial charge < -0.3 is 18.8 Å². The molecule has 0 atom stereocenters. The molecule has 25 heavy (non-hydrogen) atoms. The molecule has 0 radical (unpaired) electrons. The Morgan fingerprint density at radius 3 is 2.32 bits per heavy atom. The van der Waals surface area contributed by atoms with Crippen LogP contribution in [-0.2, 0) is 26.4 Å². The quantitative estimate of drug-likeness (QED) is 0.822. The molecule has 7 nitrogen and oxygen atoms in total. The number of rotatable bonds is 5. The third-order valence-electron chi connectivity index (χ3n) is 4.95. The minimum atomic E-state index is 0.668. The minimum absolute atomic E-state index is 0.668. The van der Waals surface area contributed by atoms with E-state index in [0.717, 1.165) is 55.6 Å². The first-order chi connectivity index (χ1) is 12.1. The van der Waals surface area contributed by atoms with Gasteiger partial charge >= 0.3 is 0 Å². The summed E-state index contributed by atoms with van der Waals surface area (Å²) in [6, 6.07) is 2.08. The van der Waals surface area contributed by atoms with Gasteiger partial charge in [0.1, 0.15) is 11.6 Å². The molecule has 7 heteroatoms. The summed E-state index contributed by atoms with van der Waals surface area (Å²) in [5.41, 5.74) is 2.46. The number of nitrogens with zero attached hydrogens (tertiary/aromatic N) is 4. The third kappa shape index (κ3) is 3.28. The molecule has 1 aliphatic heterocycles. The monoisotopic (exact) mass is 346 g/mol. The Morgan fingerprint density at radius 1 is 1.00 bits per heavy atom. The lowest BCUT2D eigenvalue weighted by atomic mass is 10.0. The molecule has 0 saturated carbocycles. The van der Waals surface area contributed by atoms with E-state index >= 15 is 0 Å². The number of aromatic nitrogens is 3. The van der Waals surface area contributed by atoms with E-state index in [4.69, 9.17) is 14.2 Å². The van der Waals surface area contributed by atoms with E-state index in [1.54, 1.807) is 21.3 Å². The normalized spacial score (nSPS) is 14.8. The van der Waals surface area contributed by atoms with Gasteiger partial charge in [-0.15, -0.1) is 10.2 Å². The van der Waals surface area contributed by atoms with E-state index in [2.05, 4.69) is 21.2 Å². The smallest absolute Gasteiger partial charge is 0.203 e. The van der Waals surface area contributed by atoms with Crippen molar-refractivity contribution < 1.29 is 14.2 Å². The summed E-state index contributed by atoms with van der Waals surface area (Å²) in [5, 5.41) is 8.43. The van der Waals surface area contributed by atoms with Crippen LogP contribution < -0.4 is 14.2 Å². The van der Waals surface area contributed by atoms with E-state index in [1.165, 1.54) is 11.1 Å². The maximum atomic E-state index is 5.66. The van der Waals surface area contributed by atoms with Crippen molar-refractivity contribution in [3.8, 4) is 17.2 Å². The van der Waals surface area contributed by atoms with Crippen LogP contribution in [0.15, 0.2) is 6.07 Å². The predicted octanol–water partition coefficient (Wildman–Crippen LogP) is 1.75. The van der Waals surface area contributed by atoms with Crippen LogP contribution in [0.25, 0.3) is 0 Å². The number of ether oxygens (including phenoxy) is 3. The molecule has 2 heterocycles. The maximum Gasteiger partial charge on any atom is 0.203 e. The van der Waals surface area contributed by atoms with Gasteiger partial charge in [-0.1, -0.05) is 0 Å². The Hall–Kier alpha value is -2.28. The number of benzene rings is 1. The molecule has 1 aliphatic rings. The van der Waals surface area contributed by atoms with Crippen molar-refractivity contribution in [1.82, 2.24) is 19.7 Å². The molecule has 0 bridgehead atoms. The van der Waals surface area contributed by atoms with E-state index in [0.29, 0.717) is 5.75 Å². The Balaban J connectivity index is 1.85. The van der Waals surface area contributed by atoms with Crippen LogP contribution in [0.2, 0.25) is 0 Å². The van der Waals surface area contributed by atoms with Gasteiger partial charge in [0, 0.05) is 25.7 Å². The molecule has 3 rings (SSSR count). The molecule has 0 aliphatic carbocycles. The molecule has 1 aromatic carbocycles. The zero-order chi connectivity index (χ0) is 18.0. The van der Waals surface area contributed by atoms with Gasteiger partial charge in [0.05, 0.1) is 27.9 Å². The van der Waals surface area contributed by atoms with Crippen molar-refractivity contribution >= 4 is 0 Å². The van der Waals surface area contributed by atoms with Crippen molar-refractivity contribution in [3.63, 3.8) is 0 Å². The highest BCUT2D eigenvalue weighted by Crippen LogP contribution is 2.43. The molecule has 0 spiro atoms. The Kier molecular flexibility index (Phi) is 5.13. The summed E-state index contributed by atoms with van der Waals surface area (Å²) in [5.74, 6) is 4.10. The number of aryl methyl sites for hydroxylation is 1. The highest BCUT2D eigenvalue weighted by Gasteiger charge is 2.24. The first kappa shape index (κ1) is 17.5. The Morgan fingerprint density at radius 2 is 1.72 bits per heavy atom. The van der Waals surface area contributed by atoms with Crippen molar-refractivity contribution in [1.29, 1.82) is 0 Å². The van der Waals surface area contributed by atoms with Crippen LogP contribution in [0.4, 0.5) is 0 Å². The van der Waals surface area contributed by atoms with Crippen molar-refractivity contribution in [2.24, 2.45) is 7.05 Å². The topological polar surface area (TPSA) is 61.6 Å². The first-order valence-corrected chi connectivity index (χ1v) is 8.47. The summed E-state index contributed by atoms with van der Waals surface area (Å²) in [6.45, 7) is 4.66. The van der Waals surface area contributed by atoms with Crippen molar-refractivity contribution in [3.05, 3.63) is 28.8 Å². The molecule has 0 unspecified atom stereocenters. The molecule has 1 aromatic heterocycles. The van der Waals surface area contributed by atoms with E-state index in [9.17, 15) is 0 Å². The molecule has 0 saturated heterocycles. The zero-order valence-electron chi connectivity index (χ0n) is 15.6. The van der Waals surface area contributed by atoms with E-state index in [-0.39, 0.29) is 0 Å². The first-order valence-electron chi connectivity index (χ1n) is 8.47. The van der Waals surface area contributed by atoms with Crippen molar-refractivity contribution in [2.75, 3.05) is 34.4 Å². The SMILES string of the molecule is COc1cc2c(c(OC)c1OC)CCN(Cc1nnc(C)n1C)CC2. The van der Waals surface area contributed by atoms with Gasteiger partial charge in [0.25, 0.3) is 0 Å². The van der Waals surface area contributed by atoms with Crippen LogP contribution >= 0.6 is 0 Å². The van der Waals surface area contributed by atoms with Crippen LogP contribution in [0.1, 0.15) is 22.8 Å². The number of methoxy groups -OCH3 is 3. The Labute approximate surface area is 148 Å². The summed E-state index contributed by atoms with van der Waals surface area (Å²) in [7, 11) is 6.99. The second-order valence-electron chi connectivity index (χ2n) is 6.28. The fourth-order valence-corrected chi connectivity index (χ4v) is 3.37. The maximum absolute atomic E-state index is 5.66. The number of hydrogen-bond donors (Lipinski definition) is 0. The van der Waals surface area contributed by atoms with Gasteiger partial charge in [-0.3, -0.25) is 4.90 Å². The third-order valence-corrected chi connectivity index (χ3v) is 4.95. The van der Waals surface area contributed by atoms with Crippen LogP contribution in [-0.4, -0.2) is 54.1 Å². The lowest BCUT2D eigenvalue weighted by Gasteiger charge is -2.19. The summed E-state index contributed by atoms with van der Waals surface area (Å²) in [4.78, 5) is 2.40. The largest absolute Gasteiger partial charge is 0.493 e. The fraction of sp³-hybridized carbons (Fsp3) is 0.556. The number of hydrogen-bond acceptors (Lipinski definition) is 6. The number of fused-ring (bicyclic) bond motifs is 1. The molecule has 0 amide bonds. The molecule has 0 fully saturated rings. The highest BCUT2D eigenvalue weighted by molar-refractivity contribution is 5.59.